The average molecular weight is 376 g/mol. The van der Waals surface area contributed by atoms with E-state index in [-0.39, 0.29) is 37.3 Å². The highest BCUT2D eigenvalue weighted by Crippen LogP contribution is 2.12. The molecular formula is C20H25FN2O4. The molecule has 0 radical (unpaired) electrons. The number of furan rings is 1. The van der Waals surface area contributed by atoms with Gasteiger partial charge in [-0.05, 0) is 29.8 Å². The lowest BCUT2D eigenvalue weighted by Gasteiger charge is -2.27. The fourth-order valence-corrected chi connectivity index (χ4v) is 2.61. The number of methoxy groups -OCH3 is 1. The summed E-state index contributed by atoms with van der Waals surface area (Å²) in [6.07, 6.45) is 1.86. The number of benzene rings is 1. The van der Waals surface area contributed by atoms with E-state index in [1.807, 2.05) is 0 Å². The molecule has 0 saturated carbocycles. The maximum absolute atomic E-state index is 13.2. The van der Waals surface area contributed by atoms with E-state index in [1.165, 1.54) is 17.0 Å². The van der Waals surface area contributed by atoms with Gasteiger partial charge >= 0.3 is 0 Å². The minimum absolute atomic E-state index is 0.0437. The molecule has 0 bridgehead atoms. The molecule has 1 aromatic heterocycles. The topological polar surface area (TPSA) is 63.0 Å². The van der Waals surface area contributed by atoms with Crippen LogP contribution >= 0.6 is 0 Å². The quantitative estimate of drug-likeness (QED) is 0.640. The Kier molecular flexibility index (Phi) is 8.00. The van der Waals surface area contributed by atoms with Crippen molar-refractivity contribution >= 4 is 11.8 Å². The number of nitrogens with zero attached hydrogens (tertiary/aromatic N) is 2. The normalized spacial score (nSPS) is 10.6. The van der Waals surface area contributed by atoms with Gasteiger partial charge in [0.2, 0.25) is 11.8 Å². The molecule has 2 rings (SSSR count). The van der Waals surface area contributed by atoms with E-state index in [0.717, 1.165) is 5.56 Å². The van der Waals surface area contributed by atoms with Gasteiger partial charge in [-0.25, -0.2) is 4.39 Å². The second kappa shape index (κ2) is 10.5. The highest BCUT2D eigenvalue weighted by atomic mass is 19.1. The van der Waals surface area contributed by atoms with Crippen molar-refractivity contribution < 1.29 is 23.1 Å². The zero-order chi connectivity index (χ0) is 19.6. The highest BCUT2D eigenvalue weighted by molar-refractivity contribution is 5.84. The molecule has 0 N–H and O–H groups in total. The van der Waals surface area contributed by atoms with Crippen LogP contribution in [0, 0.1) is 5.82 Å². The van der Waals surface area contributed by atoms with Gasteiger partial charge in [-0.3, -0.25) is 9.59 Å². The molecule has 7 heteroatoms. The number of carbonyl (C=O) groups is 2. The lowest BCUT2D eigenvalue weighted by Crippen LogP contribution is -2.43. The first-order chi connectivity index (χ1) is 13.0. The van der Waals surface area contributed by atoms with Crippen LogP contribution in [0.1, 0.15) is 24.7 Å². The molecule has 0 aliphatic rings. The molecule has 0 spiro atoms. The van der Waals surface area contributed by atoms with Crippen molar-refractivity contribution in [2.75, 3.05) is 26.8 Å². The summed E-state index contributed by atoms with van der Waals surface area (Å²) in [5.41, 5.74) is 0.793. The largest absolute Gasteiger partial charge is 0.467 e. The lowest BCUT2D eigenvalue weighted by atomic mass is 10.2. The van der Waals surface area contributed by atoms with Gasteiger partial charge in [-0.1, -0.05) is 19.1 Å². The second-order valence-electron chi connectivity index (χ2n) is 6.12. The van der Waals surface area contributed by atoms with Crippen molar-refractivity contribution in [1.29, 1.82) is 0 Å². The van der Waals surface area contributed by atoms with E-state index in [0.29, 0.717) is 25.3 Å². The van der Waals surface area contributed by atoms with Crippen LogP contribution in [-0.4, -0.2) is 48.4 Å². The van der Waals surface area contributed by atoms with Crippen LogP contribution in [0.25, 0.3) is 0 Å². The number of amides is 2. The van der Waals surface area contributed by atoms with Gasteiger partial charge in [0.25, 0.3) is 0 Å². The first-order valence-electron chi connectivity index (χ1n) is 8.84. The standard InChI is InChI=1S/C20H25FN2O4/c1-3-19(24)22(10-12-26-2)15-20(25)23(14-18-5-4-11-27-18)13-16-6-8-17(21)9-7-16/h4-9,11H,3,10,12-15H2,1-2H3. The zero-order valence-electron chi connectivity index (χ0n) is 15.7. The monoisotopic (exact) mass is 376 g/mol. The molecule has 0 unspecified atom stereocenters. The Hall–Kier alpha value is -2.67. The Morgan fingerprint density at radius 2 is 1.81 bits per heavy atom. The molecule has 6 nitrogen and oxygen atoms in total. The van der Waals surface area contributed by atoms with Crippen LogP contribution in [-0.2, 0) is 27.4 Å². The summed E-state index contributed by atoms with van der Waals surface area (Å²) in [4.78, 5) is 28.1. The summed E-state index contributed by atoms with van der Waals surface area (Å²) in [7, 11) is 1.55. The smallest absolute Gasteiger partial charge is 0.242 e. The molecule has 1 aromatic carbocycles. The summed E-state index contributed by atoms with van der Waals surface area (Å²) in [5.74, 6) is -0.0218. The SMILES string of the molecule is CCC(=O)N(CCOC)CC(=O)N(Cc1ccc(F)cc1)Cc1ccco1. The van der Waals surface area contributed by atoms with Crippen molar-refractivity contribution in [2.24, 2.45) is 0 Å². The van der Waals surface area contributed by atoms with Gasteiger partial charge in [-0.2, -0.15) is 0 Å². The van der Waals surface area contributed by atoms with Crippen LogP contribution in [0.15, 0.2) is 47.1 Å². The van der Waals surface area contributed by atoms with Crippen LogP contribution in [0.4, 0.5) is 4.39 Å². The van der Waals surface area contributed by atoms with Gasteiger partial charge in [-0.15, -0.1) is 0 Å². The number of carbonyl (C=O) groups excluding carboxylic acids is 2. The van der Waals surface area contributed by atoms with Crippen molar-refractivity contribution in [3.63, 3.8) is 0 Å². The van der Waals surface area contributed by atoms with Crippen LogP contribution in [0.2, 0.25) is 0 Å². The predicted octanol–water partition coefficient (Wildman–Crippen LogP) is 2.83. The summed E-state index contributed by atoms with van der Waals surface area (Å²) < 4.78 is 23.5. The summed E-state index contributed by atoms with van der Waals surface area (Å²) in [6, 6.07) is 9.52. The Morgan fingerprint density at radius 1 is 1.07 bits per heavy atom. The van der Waals surface area contributed by atoms with Gasteiger partial charge < -0.3 is 19.0 Å². The van der Waals surface area contributed by atoms with Crippen molar-refractivity contribution in [3.05, 3.63) is 59.8 Å². The minimum Gasteiger partial charge on any atom is -0.467 e. The molecule has 2 amide bonds. The lowest BCUT2D eigenvalue weighted by molar-refractivity contribution is -0.141. The maximum atomic E-state index is 13.2. The Balaban J connectivity index is 2.13. The van der Waals surface area contributed by atoms with Gasteiger partial charge in [0, 0.05) is 26.6 Å². The Labute approximate surface area is 158 Å². The first-order valence-corrected chi connectivity index (χ1v) is 8.84. The zero-order valence-corrected chi connectivity index (χ0v) is 15.7. The second-order valence-corrected chi connectivity index (χ2v) is 6.12. The minimum atomic E-state index is -0.332. The van der Waals surface area contributed by atoms with E-state index < -0.39 is 0 Å². The van der Waals surface area contributed by atoms with E-state index in [1.54, 1.807) is 49.5 Å². The Morgan fingerprint density at radius 3 is 2.41 bits per heavy atom. The highest BCUT2D eigenvalue weighted by Gasteiger charge is 2.21. The number of ether oxygens (including phenoxy) is 1. The predicted molar refractivity (Wildman–Crippen MR) is 98.1 cm³/mol. The average Bonchev–Trinajstić information content (AvgIpc) is 3.18. The summed E-state index contributed by atoms with van der Waals surface area (Å²) >= 11 is 0. The third-order valence-corrected chi connectivity index (χ3v) is 4.11. The molecule has 1 heterocycles. The van der Waals surface area contributed by atoms with Crippen molar-refractivity contribution in [2.45, 2.75) is 26.4 Å². The number of halogens is 1. The molecule has 27 heavy (non-hydrogen) atoms. The molecule has 0 atom stereocenters. The maximum Gasteiger partial charge on any atom is 0.242 e. The first kappa shape index (κ1) is 20.6. The van der Waals surface area contributed by atoms with Crippen LogP contribution in [0.3, 0.4) is 0 Å². The van der Waals surface area contributed by atoms with Gasteiger partial charge in [0.15, 0.2) is 0 Å². The fraction of sp³-hybridized carbons (Fsp3) is 0.400. The van der Waals surface area contributed by atoms with Crippen LogP contribution < -0.4 is 0 Å². The van der Waals surface area contributed by atoms with E-state index in [4.69, 9.17) is 9.15 Å². The molecule has 0 fully saturated rings. The molecule has 0 aliphatic heterocycles. The molecule has 146 valence electrons. The summed E-state index contributed by atoms with van der Waals surface area (Å²) in [6.45, 7) is 2.97. The number of rotatable bonds is 10. The fourth-order valence-electron chi connectivity index (χ4n) is 2.61. The van der Waals surface area contributed by atoms with E-state index >= 15 is 0 Å². The Bertz CT molecular complexity index is 716. The van der Waals surface area contributed by atoms with Crippen molar-refractivity contribution in [3.8, 4) is 0 Å². The van der Waals surface area contributed by atoms with E-state index in [2.05, 4.69) is 0 Å². The van der Waals surface area contributed by atoms with Gasteiger partial charge in [0.05, 0.1) is 26.0 Å². The molecule has 0 saturated heterocycles. The van der Waals surface area contributed by atoms with Crippen LogP contribution in [0.5, 0.6) is 0 Å². The summed E-state index contributed by atoms with van der Waals surface area (Å²) in [5, 5.41) is 0. The van der Waals surface area contributed by atoms with Crippen molar-refractivity contribution in [1.82, 2.24) is 9.80 Å². The molecular weight excluding hydrogens is 351 g/mol. The molecule has 0 aliphatic carbocycles. The number of hydrogen-bond acceptors (Lipinski definition) is 4. The van der Waals surface area contributed by atoms with E-state index in [9.17, 15) is 14.0 Å². The third-order valence-electron chi connectivity index (χ3n) is 4.11. The third kappa shape index (κ3) is 6.53. The number of hydrogen-bond donors (Lipinski definition) is 0. The van der Waals surface area contributed by atoms with Gasteiger partial charge in [0.1, 0.15) is 11.6 Å². The molecule has 2 aromatic rings.